The second kappa shape index (κ2) is 9.04. The molecular weight excluding hydrogens is 302 g/mol. The molecule has 1 aromatic carbocycles. The van der Waals surface area contributed by atoms with Crippen LogP contribution < -0.4 is 10.6 Å². The lowest BCUT2D eigenvalue weighted by Gasteiger charge is -2.42. The van der Waals surface area contributed by atoms with Crippen molar-refractivity contribution >= 4 is 6.03 Å². The number of nitrogens with one attached hydrogen (secondary N) is 2. The summed E-state index contributed by atoms with van der Waals surface area (Å²) in [4.78, 5) is 14.3. The van der Waals surface area contributed by atoms with E-state index in [9.17, 15) is 4.79 Å². The largest absolute Gasteiger partial charge is 0.381 e. The van der Waals surface area contributed by atoms with Crippen molar-refractivity contribution in [3.05, 3.63) is 35.9 Å². The molecule has 1 fully saturated rings. The third-order valence-electron chi connectivity index (χ3n) is 5.18. The number of ether oxygens (including phenoxy) is 1. The second-order valence-electron chi connectivity index (χ2n) is 6.94. The summed E-state index contributed by atoms with van der Waals surface area (Å²) in [5, 5.41) is 6.02. The van der Waals surface area contributed by atoms with Crippen molar-refractivity contribution in [1.29, 1.82) is 0 Å². The molecule has 1 aliphatic rings. The van der Waals surface area contributed by atoms with Crippen molar-refractivity contribution in [3.63, 3.8) is 0 Å². The lowest BCUT2D eigenvalue weighted by atomic mass is 9.88. The number of hydrogen-bond acceptors (Lipinski definition) is 3. The second-order valence-corrected chi connectivity index (χ2v) is 6.94. The molecule has 0 aromatic heterocycles. The van der Waals surface area contributed by atoms with Crippen LogP contribution in [0.15, 0.2) is 30.3 Å². The molecule has 1 aromatic rings. The Morgan fingerprint density at radius 2 is 1.88 bits per heavy atom. The van der Waals surface area contributed by atoms with E-state index >= 15 is 0 Å². The molecule has 1 saturated heterocycles. The van der Waals surface area contributed by atoms with Gasteiger partial charge in [0.2, 0.25) is 0 Å². The smallest absolute Gasteiger partial charge is 0.314 e. The number of benzene rings is 1. The molecule has 1 atom stereocenters. The highest BCUT2D eigenvalue weighted by molar-refractivity contribution is 5.73. The first kappa shape index (κ1) is 18.7. The molecule has 0 spiro atoms. The number of carbonyl (C=O) groups is 1. The molecule has 5 heteroatoms. The van der Waals surface area contributed by atoms with Crippen molar-refractivity contribution in [2.75, 3.05) is 40.4 Å². The highest BCUT2D eigenvalue weighted by atomic mass is 16.5. The van der Waals surface area contributed by atoms with E-state index in [1.807, 2.05) is 6.07 Å². The molecule has 5 nitrogen and oxygen atoms in total. The van der Waals surface area contributed by atoms with Crippen LogP contribution in [0.2, 0.25) is 0 Å². The molecule has 2 rings (SSSR count). The third-order valence-corrected chi connectivity index (χ3v) is 5.18. The van der Waals surface area contributed by atoms with E-state index < -0.39 is 0 Å². The minimum atomic E-state index is -0.0806. The Morgan fingerprint density at radius 1 is 1.21 bits per heavy atom. The van der Waals surface area contributed by atoms with Crippen LogP contribution in [-0.4, -0.2) is 56.9 Å². The Morgan fingerprint density at radius 3 is 2.50 bits per heavy atom. The van der Waals surface area contributed by atoms with E-state index in [1.54, 1.807) is 0 Å². The summed E-state index contributed by atoms with van der Waals surface area (Å²) in [7, 11) is 4.15. The fourth-order valence-corrected chi connectivity index (χ4v) is 3.19. The summed E-state index contributed by atoms with van der Waals surface area (Å²) in [6.07, 6.45) is 2.83. The minimum absolute atomic E-state index is 0.00687. The summed E-state index contributed by atoms with van der Waals surface area (Å²) < 4.78 is 5.46. The summed E-state index contributed by atoms with van der Waals surface area (Å²) >= 11 is 0. The first-order valence-corrected chi connectivity index (χ1v) is 8.85. The van der Waals surface area contributed by atoms with Gasteiger partial charge >= 0.3 is 6.03 Å². The number of rotatable bonds is 7. The van der Waals surface area contributed by atoms with Gasteiger partial charge in [0, 0.05) is 31.8 Å². The van der Waals surface area contributed by atoms with Crippen molar-refractivity contribution in [1.82, 2.24) is 15.5 Å². The standard InChI is InChI=1S/C19H31N3O2/c1-16(17-7-5-4-6-8-17)9-12-20-18(23)21-15-19(22(2)3)10-13-24-14-11-19/h4-8,16H,9-15H2,1-3H3,(H2,20,21,23). The number of likely N-dealkylation sites (N-methyl/N-ethyl adjacent to an activating group) is 1. The molecule has 2 amide bonds. The summed E-state index contributed by atoms with van der Waals surface area (Å²) in [5.41, 5.74) is 1.32. The monoisotopic (exact) mass is 333 g/mol. The lowest BCUT2D eigenvalue weighted by Crippen LogP contribution is -2.56. The Balaban J connectivity index is 1.71. The van der Waals surface area contributed by atoms with E-state index in [-0.39, 0.29) is 11.6 Å². The van der Waals surface area contributed by atoms with Gasteiger partial charge in [-0.25, -0.2) is 4.79 Å². The number of hydrogen-bond donors (Lipinski definition) is 2. The summed E-state index contributed by atoms with van der Waals surface area (Å²) in [6, 6.07) is 10.3. The van der Waals surface area contributed by atoms with Gasteiger partial charge in [0.1, 0.15) is 0 Å². The molecule has 1 heterocycles. The Bertz CT molecular complexity index is 499. The van der Waals surface area contributed by atoms with Crippen LogP contribution in [0.5, 0.6) is 0 Å². The molecule has 134 valence electrons. The van der Waals surface area contributed by atoms with Gasteiger partial charge in [0.15, 0.2) is 0 Å². The molecule has 0 radical (unpaired) electrons. The van der Waals surface area contributed by atoms with Crippen LogP contribution >= 0.6 is 0 Å². The van der Waals surface area contributed by atoms with Crippen LogP contribution in [0.25, 0.3) is 0 Å². The SMILES string of the molecule is CC(CCNC(=O)NCC1(N(C)C)CCOCC1)c1ccccc1. The fourth-order valence-electron chi connectivity index (χ4n) is 3.19. The van der Waals surface area contributed by atoms with Gasteiger partial charge in [-0.2, -0.15) is 0 Å². The number of amides is 2. The Labute approximate surface area is 145 Å². The van der Waals surface area contributed by atoms with Crippen molar-refractivity contribution < 1.29 is 9.53 Å². The van der Waals surface area contributed by atoms with Gasteiger partial charge < -0.3 is 20.3 Å². The number of nitrogens with zero attached hydrogens (tertiary/aromatic N) is 1. The zero-order valence-electron chi connectivity index (χ0n) is 15.2. The van der Waals surface area contributed by atoms with Gasteiger partial charge in [-0.3, -0.25) is 0 Å². The van der Waals surface area contributed by atoms with E-state index in [0.717, 1.165) is 32.5 Å². The highest BCUT2D eigenvalue weighted by Gasteiger charge is 2.34. The number of carbonyl (C=O) groups excluding carboxylic acids is 1. The van der Waals surface area contributed by atoms with Gasteiger partial charge in [-0.05, 0) is 44.8 Å². The number of urea groups is 1. The van der Waals surface area contributed by atoms with Crippen LogP contribution in [-0.2, 0) is 4.74 Å². The molecule has 24 heavy (non-hydrogen) atoms. The maximum Gasteiger partial charge on any atom is 0.314 e. The summed E-state index contributed by atoms with van der Waals surface area (Å²) in [5.74, 6) is 0.440. The molecular formula is C19H31N3O2. The zero-order valence-corrected chi connectivity index (χ0v) is 15.2. The van der Waals surface area contributed by atoms with Crippen LogP contribution in [0.3, 0.4) is 0 Å². The van der Waals surface area contributed by atoms with E-state index in [4.69, 9.17) is 4.74 Å². The molecule has 0 saturated carbocycles. The average Bonchev–Trinajstić information content (AvgIpc) is 2.61. The minimum Gasteiger partial charge on any atom is -0.381 e. The van der Waals surface area contributed by atoms with Gasteiger partial charge in [0.05, 0.1) is 0 Å². The fraction of sp³-hybridized carbons (Fsp3) is 0.632. The van der Waals surface area contributed by atoms with Crippen molar-refractivity contribution in [2.45, 2.75) is 37.6 Å². The van der Waals surface area contributed by atoms with Gasteiger partial charge in [0.25, 0.3) is 0 Å². The molecule has 1 aliphatic heterocycles. The molecule has 1 unspecified atom stereocenters. The summed E-state index contributed by atoms with van der Waals surface area (Å²) in [6.45, 7) is 5.05. The third kappa shape index (κ3) is 5.21. The van der Waals surface area contributed by atoms with Crippen LogP contribution in [0.1, 0.15) is 37.7 Å². The lowest BCUT2D eigenvalue weighted by molar-refractivity contribution is -0.00571. The van der Waals surface area contributed by atoms with Gasteiger partial charge in [-0.15, -0.1) is 0 Å². The maximum atomic E-state index is 12.1. The first-order chi connectivity index (χ1) is 11.5. The highest BCUT2D eigenvalue weighted by Crippen LogP contribution is 2.25. The average molecular weight is 333 g/mol. The van der Waals surface area contributed by atoms with Gasteiger partial charge in [-0.1, -0.05) is 37.3 Å². The predicted molar refractivity (Wildman–Crippen MR) is 97.3 cm³/mol. The van der Waals surface area contributed by atoms with E-state index in [1.165, 1.54) is 5.56 Å². The first-order valence-electron chi connectivity index (χ1n) is 8.85. The molecule has 0 aliphatic carbocycles. The quantitative estimate of drug-likeness (QED) is 0.806. The van der Waals surface area contributed by atoms with E-state index in [2.05, 4.69) is 60.8 Å². The van der Waals surface area contributed by atoms with Crippen molar-refractivity contribution in [3.8, 4) is 0 Å². The predicted octanol–water partition coefficient (Wildman–Crippen LogP) is 2.59. The maximum absolute atomic E-state index is 12.1. The topological polar surface area (TPSA) is 53.6 Å². The normalized spacial score (nSPS) is 18.2. The molecule has 0 bridgehead atoms. The Kier molecular flexibility index (Phi) is 7.06. The van der Waals surface area contributed by atoms with Crippen LogP contribution in [0, 0.1) is 0 Å². The molecule has 2 N–H and O–H groups in total. The van der Waals surface area contributed by atoms with Crippen LogP contribution in [0.4, 0.5) is 4.79 Å². The Hall–Kier alpha value is -1.59. The van der Waals surface area contributed by atoms with E-state index in [0.29, 0.717) is 19.0 Å². The van der Waals surface area contributed by atoms with Crippen molar-refractivity contribution in [2.24, 2.45) is 0 Å². The zero-order chi connectivity index (χ0) is 17.4.